The van der Waals surface area contributed by atoms with Gasteiger partial charge < -0.3 is 98.4 Å². The third-order valence-electron chi connectivity index (χ3n) is 12.1. The minimum atomic E-state index is -1.34. The van der Waals surface area contributed by atoms with Crippen LogP contribution in [0.4, 0.5) is 0 Å². The molecule has 0 aromatic carbocycles. The van der Waals surface area contributed by atoms with Crippen LogP contribution in [0.2, 0.25) is 0 Å². The first-order valence-corrected chi connectivity index (χ1v) is 25.5. The van der Waals surface area contributed by atoms with E-state index in [1.54, 1.807) is 24.5 Å². The van der Waals surface area contributed by atoms with Crippen LogP contribution in [0, 0.1) is 0 Å². The molecule has 0 amide bonds. The van der Waals surface area contributed by atoms with E-state index in [9.17, 15) is 69.6 Å². The summed E-state index contributed by atoms with van der Waals surface area (Å²) in [6.07, 6.45) is -2.15. The van der Waals surface area contributed by atoms with E-state index in [0.717, 1.165) is 0 Å². The number of aliphatic hydroxyl groups excluding tert-OH is 3. The van der Waals surface area contributed by atoms with Crippen LogP contribution in [0.3, 0.4) is 0 Å². The van der Waals surface area contributed by atoms with Crippen molar-refractivity contribution in [3.63, 3.8) is 0 Å². The molecule has 75 heavy (non-hydrogen) atoms. The highest BCUT2D eigenvalue weighted by Gasteiger charge is 2.24. The predicted molar refractivity (Wildman–Crippen MR) is 251 cm³/mol. The molecule has 0 radical (unpaired) electrons. The van der Waals surface area contributed by atoms with Crippen molar-refractivity contribution in [2.24, 2.45) is 0 Å². The van der Waals surface area contributed by atoms with Crippen LogP contribution in [-0.2, 0) is 52.5 Å². The fourth-order valence-corrected chi connectivity index (χ4v) is 8.37. The second-order valence-corrected chi connectivity index (χ2v) is 18.3. The molecular weight excluding hydrogens is 999 g/mol. The lowest BCUT2D eigenvalue weighted by molar-refractivity contribution is -0.308. The molecule has 3 N–H and O–H groups in total. The molecule has 2 heterocycles. The van der Waals surface area contributed by atoms with Gasteiger partial charge >= 0.3 is 0 Å². The summed E-state index contributed by atoms with van der Waals surface area (Å²) < 4.78 is 27.5. The minimum Gasteiger partial charge on any atom is -0.549 e. The lowest BCUT2D eigenvalue weighted by Gasteiger charge is -2.36. The molecule has 2 rings (SSSR count). The Morgan fingerprint density at radius 2 is 0.547 bits per heavy atom. The quantitative estimate of drug-likeness (QED) is 0.0486. The Kier molecular flexibility index (Phi) is 37.0. The monoisotopic (exact) mass is 1080 g/mol. The van der Waals surface area contributed by atoms with Crippen molar-refractivity contribution in [1.29, 1.82) is 0 Å². The van der Waals surface area contributed by atoms with E-state index in [4.69, 9.17) is 28.8 Å². The van der Waals surface area contributed by atoms with E-state index >= 15 is 0 Å². The molecule has 0 spiro atoms. The number of carbonyl (C=O) groups excluding carboxylic acids is 6. The number of aliphatic hydroxyl groups is 3. The summed E-state index contributed by atoms with van der Waals surface area (Å²) in [5, 5.41) is 102. The lowest BCUT2D eigenvalue weighted by atomic mass is 10.2. The molecule has 29 nitrogen and oxygen atoms in total. The molecule has 0 bridgehead atoms. The van der Waals surface area contributed by atoms with Gasteiger partial charge in [-0.3, -0.25) is 44.1 Å². The van der Waals surface area contributed by atoms with Crippen molar-refractivity contribution in [1.82, 2.24) is 44.1 Å². The topological polar surface area (TPSA) is 377 Å². The van der Waals surface area contributed by atoms with Crippen LogP contribution >= 0.6 is 0 Å². The van der Waals surface area contributed by atoms with Gasteiger partial charge in [-0.15, -0.1) is 0 Å². The SMILES string of the molecule is O=C([O-])CN1CCN(CC(=O)[O-])CCN(CC(O)CN(CCOCCOCCOCCOCCOCCO)CC(O)CN2CCN(CC(=O)[O-])CCN(CC(=O)[O-])CCN(CC(=O)[O-])CC2)CCN(CC(=O)[O-])CC1. The number of hydrogen-bond acceptors (Lipinski definition) is 29. The first-order chi connectivity index (χ1) is 35.9. The summed E-state index contributed by atoms with van der Waals surface area (Å²) in [6, 6.07) is 0. The van der Waals surface area contributed by atoms with E-state index < -0.39 is 87.3 Å². The van der Waals surface area contributed by atoms with E-state index in [1.807, 2.05) is 9.80 Å². The molecule has 436 valence electrons. The minimum absolute atomic E-state index is 0.00893. The summed E-state index contributed by atoms with van der Waals surface area (Å²) >= 11 is 0. The van der Waals surface area contributed by atoms with Crippen molar-refractivity contribution >= 4 is 35.8 Å². The van der Waals surface area contributed by atoms with Crippen LogP contribution in [0.5, 0.6) is 0 Å². The van der Waals surface area contributed by atoms with Gasteiger partial charge in [0.05, 0.1) is 121 Å². The highest BCUT2D eigenvalue weighted by atomic mass is 16.6. The van der Waals surface area contributed by atoms with E-state index in [0.29, 0.717) is 39.6 Å². The Hall–Kier alpha value is -3.86. The summed E-state index contributed by atoms with van der Waals surface area (Å²) in [5.74, 6) is -8.05. The van der Waals surface area contributed by atoms with Gasteiger partial charge in [0.15, 0.2) is 0 Å². The zero-order chi connectivity index (χ0) is 55.2. The maximum atomic E-state index is 11.7. The summed E-state index contributed by atoms with van der Waals surface area (Å²) in [5.41, 5.74) is 0. The molecule has 2 saturated heterocycles. The van der Waals surface area contributed by atoms with Crippen LogP contribution < -0.4 is 30.6 Å². The van der Waals surface area contributed by atoms with Crippen molar-refractivity contribution < 1.29 is 98.4 Å². The molecular formula is C46H81N9O20-6. The highest BCUT2D eigenvalue weighted by molar-refractivity contribution is 5.68. The standard InChI is InChI=1S/C46H87N9O20/c56-18-20-72-22-24-74-26-28-75-27-25-73-23-21-71-19-17-55(31-39(57)29-47-1-5-49(33-41(59)60)9-13-53(37-45(67)68)14-10-50(6-2-47)34-42(61)62)32-40(58)30-48-3-7-51(35-43(63)64)11-15-54(38-46(69)70)16-12-52(8-4-48)36-44(65)66/h39-40,56-58H,1-38H2,(H,59,60)(H,61,62)(H,63,64)(H,65,66)(H,67,68)(H,69,70)/p-6. The highest BCUT2D eigenvalue weighted by Crippen LogP contribution is 2.07. The number of aliphatic carboxylic acids is 6. The Bertz CT molecular complexity index is 1440. The molecule has 2 aliphatic heterocycles. The molecule has 0 aromatic rings. The second-order valence-electron chi connectivity index (χ2n) is 18.3. The number of nitrogens with zero attached hydrogens (tertiary/aromatic N) is 9. The predicted octanol–water partition coefficient (Wildman–Crippen LogP) is -14.0. The van der Waals surface area contributed by atoms with Crippen LogP contribution in [-0.4, -0.2) is 357 Å². The van der Waals surface area contributed by atoms with Crippen molar-refractivity contribution in [3.05, 3.63) is 0 Å². The van der Waals surface area contributed by atoms with Gasteiger partial charge in [0.1, 0.15) is 0 Å². The fraction of sp³-hybridized carbons (Fsp3) is 0.870. The third-order valence-corrected chi connectivity index (χ3v) is 12.1. The molecule has 0 saturated carbocycles. The summed E-state index contributed by atoms with van der Waals surface area (Å²) in [7, 11) is 0. The third kappa shape index (κ3) is 36.7. The maximum Gasteiger partial charge on any atom is 0.0793 e. The number of carboxylic acid groups (broad SMARTS) is 6. The number of β-amino-alcohol motifs (C(OH)–C–C–N with tert-alkyl or cyclic N) is 2. The zero-order valence-corrected chi connectivity index (χ0v) is 43.3. The average molecular weight is 1080 g/mol. The summed E-state index contributed by atoms with van der Waals surface area (Å²) in [6.45, 7) is 3.30. The number of carboxylic acids is 6. The van der Waals surface area contributed by atoms with Gasteiger partial charge in [0.25, 0.3) is 0 Å². The van der Waals surface area contributed by atoms with Gasteiger partial charge in [-0.05, 0) is 0 Å². The van der Waals surface area contributed by atoms with Crippen LogP contribution in [0.25, 0.3) is 0 Å². The smallest absolute Gasteiger partial charge is 0.0793 e. The van der Waals surface area contributed by atoms with Crippen LogP contribution in [0.1, 0.15) is 0 Å². The number of carbonyl (C=O) groups is 6. The summed E-state index contributed by atoms with van der Waals surface area (Å²) in [4.78, 5) is 84.7. The molecule has 29 heteroatoms. The average Bonchev–Trinajstić information content (AvgIpc) is 3.32. The molecule has 2 aliphatic rings. The van der Waals surface area contributed by atoms with Gasteiger partial charge in [-0.1, -0.05) is 0 Å². The molecule has 2 unspecified atom stereocenters. The number of ether oxygens (including phenoxy) is 5. The molecule has 0 aromatic heterocycles. The first kappa shape index (κ1) is 67.3. The second kappa shape index (κ2) is 41.3. The van der Waals surface area contributed by atoms with E-state index in [-0.39, 0.29) is 170 Å². The molecule has 0 aliphatic carbocycles. The normalized spacial score (nSPS) is 18.9. The van der Waals surface area contributed by atoms with E-state index in [1.165, 1.54) is 9.80 Å². The van der Waals surface area contributed by atoms with Gasteiger partial charge in [0, 0.05) is 177 Å². The fourth-order valence-electron chi connectivity index (χ4n) is 8.37. The van der Waals surface area contributed by atoms with Crippen molar-refractivity contribution in [2.75, 3.05) is 249 Å². The van der Waals surface area contributed by atoms with Crippen molar-refractivity contribution in [3.8, 4) is 0 Å². The molecule has 2 fully saturated rings. The molecule has 2 atom stereocenters. The Morgan fingerprint density at radius 1 is 0.347 bits per heavy atom. The van der Waals surface area contributed by atoms with Crippen LogP contribution in [0.15, 0.2) is 0 Å². The largest absolute Gasteiger partial charge is 0.549 e. The Morgan fingerprint density at radius 3 is 0.760 bits per heavy atom. The lowest BCUT2D eigenvalue weighted by Crippen LogP contribution is -2.53. The zero-order valence-electron chi connectivity index (χ0n) is 43.3. The van der Waals surface area contributed by atoms with Gasteiger partial charge in [-0.25, -0.2) is 0 Å². The van der Waals surface area contributed by atoms with E-state index in [2.05, 4.69) is 0 Å². The Labute approximate surface area is 439 Å². The number of hydrogen-bond donors (Lipinski definition) is 3. The Balaban J connectivity index is 2.21. The van der Waals surface area contributed by atoms with Gasteiger partial charge in [-0.2, -0.15) is 0 Å². The van der Waals surface area contributed by atoms with Gasteiger partial charge in [0.2, 0.25) is 0 Å². The maximum absolute atomic E-state index is 11.7. The number of rotatable bonds is 37. The van der Waals surface area contributed by atoms with Crippen molar-refractivity contribution in [2.45, 2.75) is 12.2 Å². The first-order valence-electron chi connectivity index (χ1n) is 25.5.